The molecule has 0 radical (unpaired) electrons. The van der Waals surface area contributed by atoms with Crippen LogP contribution in [0, 0.1) is 13.8 Å². The van der Waals surface area contributed by atoms with E-state index in [2.05, 4.69) is 9.97 Å². The first-order valence-corrected chi connectivity index (χ1v) is 14.3. The lowest BCUT2D eigenvalue weighted by Crippen LogP contribution is -2.60. The third-order valence-electron chi connectivity index (χ3n) is 7.85. The fourth-order valence-corrected chi connectivity index (χ4v) is 7.40. The quantitative estimate of drug-likeness (QED) is 0.417. The summed E-state index contributed by atoms with van der Waals surface area (Å²) in [4.78, 5) is 35.7. The molecule has 0 spiro atoms. The number of hydrogen-bond donors (Lipinski definition) is 2. The van der Waals surface area contributed by atoms with Gasteiger partial charge in [0.1, 0.15) is 17.1 Å². The van der Waals surface area contributed by atoms with Crippen molar-refractivity contribution in [3.8, 4) is 5.88 Å². The summed E-state index contributed by atoms with van der Waals surface area (Å²) in [6.45, 7) is 3.23. The highest BCUT2D eigenvalue weighted by Gasteiger charge is 2.70. The van der Waals surface area contributed by atoms with Crippen LogP contribution in [0.4, 0.5) is 5.69 Å². The highest BCUT2D eigenvalue weighted by atomic mass is 32.2. The lowest BCUT2D eigenvalue weighted by molar-refractivity contribution is -0.147. The van der Waals surface area contributed by atoms with Gasteiger partial charge in [-0.05, 0) is 37.6 Å². The van der Waals surface area contributed by atoms with Gasteiger partial charge in [-0.25, -0.2) is 24.3 Å². The third kappa shape index (κ3) is 4.10. The molecule has 1 aromatic carbocycles. The Morgan fingerprint density at radius 3 is 2.39 bits per heavy atom. The van der Waals surface area contributed by atoms with Gasteiger partial charge >= 0.3 is 5.97 Å². The van der Waals surface area contributed by atoms with Gasteiger partial charge in [0.2, 0.25) is 5.88 Å². The van der Waals surface area contributed by atoms with Crippen molar-refractivity contribution < 1.29 is 33.0 Å². The first-order valence-electron chi connectivity index (χ1n) is 12.8. The molecule has 216 valence electrons. The minimum atomic E-state index is -4.59. The van der Waals surface area contributed by atoms with Crippen LogP contribution in [0.3, 0.4) is 0 Å². The molecular formula is C28H31N5O7S. The molecule has 1 amide bonds. The van der Waals surface area contributed by atoms with Crippen molar-refractivity contribution in [1.29, 1.82) is 0 Å². The second-order valence-corrected chi connectivity index (χ2v) is 12.3. The number of carboxylic acid groups (broad SMARTS) is 1. The lowest BCUT2D eigenvalue weighted by atomic mass is 9.62. The number of hydrazine groups is 1. The van der Waals surface area contributed by atoms with Crippen molar-refractivity contribution >= 4 is 27.6 Å². The zero-order valence-electron chi connectivity index (χ0n) is 23.3. The maximum absolute atomic E-state index is 15.0. The number of benzene rings is 1. The number of aliphatic hydroxyl groups is 1. The number of pyridine rings is 2. The number of aliphatic carboxylic acids is 1. The van der Waals surface area contributed by atoms with Crippen molar-refractivity contribution in [3.05, 3.63) is 77.1 Å². The largest absolute Gasteiger partial charge is 0.481 e. The smallest absolute Gasteiger partial charge is 0.322 e. The van der Waals surface area contributed by atoms with E-state index in [0.29, 0.717) is 9.87 Å². The van der Waals surface area contributed by atoms with E-state index in [9.17, 15) is 28.2 Å². The Morgan fingerprint density at radius 1 is 1.10 bits per heavy atom. The molecule has 0 bridgehead atoms. The first-order chi connectivity index (χ1) is 19.3. The summed E-state index contributed by atoms with van der Waals surface area (Å²) >= 11 is 0. The average Bonchev–Trinajstić information content (AvgIpc) is 3.42. The van der Waals surface area contributed by atoms with Gasteiger partial charge in [0.25, 0.3) is 15.9 Å². The zero-order chi connectivity index (χ0) is 29.9. The number of amides is 1. The Labute approximate surface area is 237 Å². The average molecular weight is 582 g/mol. The number of carbonyl (C=O) groups is 2. The molecule has 1 unspecified atom stereocenters. The first kappa shape index (κ1) is 28.6. The number of ether oxygens (including phenoxy) is 1. The maximum Gasteiger partial charge on any atom is 0.322 e. The Morgan fingerprint density at radius 2 is 1.80 bits per heavy atom. The van der Waals surface area contributed by atoms with E-state index in [1.807, 2.05) is 0 Å². The minimum absolute atomic E-state index is 0.00961. The van der Waals surface area contributed by atoms with E-state index >= 15 is 0 Å². The Bertz CT molecular complexity index is 1650. The van der Waals surface area contributed by atoms with Gasteiger partial charge in [-0.1, -0.05) is 29.8 Å². The second kappa shape index (κ2) is 9.87. The molecule has 3 atom stereocenters. The monoisotopic (exact) mass is 581 g/mol. The van der Waals surface area contributed by atoms with Crippen LogP contribution in [0.25, 0.3) is 0 Å². The molecule has 1 saturated heterocycles. The summed E-state index contributed by atoms with van der Waals surface area (Å²) in [6, 6.07) is 9.60. The number of carbonyl (C=O) groups excluding carboxylic acids is 1. The predicted octanol–water partition coefficient (Wildman–Crippen LogP) is 1.49. The van der Waals surface area contributed by atoms with Gasteiger partial charge in [0.15, 0.2) is 5.03 Å². The molecule has 2 aromatic heterocycles. The SMILES string of the molecule is COc1ncccc1C1([C@]2(O)C[C@@H](C(=O)O)N(N(C)C)C2)C(=O)N(S(=O)(=O)c2ccc(C)cn2)c2ccc(C)cc21. The van der Waals surface area contributed by atoms with E-state index in [-0.39, 0.29) is 34.3 Å². The molecule has 2 aliphatic heterocycles. The summed E-state index contributed by atoms with van der Waals surface area (Å²) in [5, 5.41) is 25.4. The number of sulfonamides is 1. The van der Waals surface area contributed by atoms with Crippen molar-refractivity contribution in [2.45, 2.75) is 42.4 Å². The number of rotatable bonds is 7. The number of carboxylic acids is 1. The summed E-state index contributed by atoms with van der Waals surface area (Å²) in [6.07, 6.45) is 2.44. The number of aryl methyl sites for hydroxylation is 2. The standard InChI is InChI=1S/C28H31N5O7S/c1-17-8-10-21-20(13-17)28(19-7-6-12-29-24(19)40-5,27(37)14-22(25(34)35)32(16-27)31(3)4)26(36)33(21)41(38,39)23-11-9-18(2)15-30-23/h6-13,15,22,37H,14,16H2,1-5H3,(H,34,35)/t22-,27-,28?/m0/s1. The van der Waals surface area contributed by atoms with E-state index in [0.717, 1.165) is 5.56 Å². The van der Waals surface area contributed by atoms with Gasteiger partial charge < -0.3 is 14.9 Å². The van der Waals surface area contributed by atoms with E-state index in [4.69, 9.17) is 4.74 Å². The number of β-amino-alcohol motifs (C(OH)–C–C–N with tert-alkyl or cyclic N) is 1. The summed E-state index contributed by atoms with van der Waals surface area (Å²) in [5.41, 5.74) is -2.50. The molecule has 3 aromatic rings. The maximum atomic E-state index is 15.0. The molecular weight excluding hydrogens is 550 g/mol. The van der Waals surface area contributed by atoms with Crippen LogP contribution in [0.1, 0.15) is 28.7 Å². The Kier molecular flexibility index (Phi) is 6.89. The highest BCUT2D eigenvalue weighted by Crippen LogP contribution is 2.58. The molecule has 41 heavy (non-hydrogen) atoms. The number of methoxy groups -OCH3 is 1. The summed E-state index contributed by atoms with van der Waals surface area (Å²) in [5.74, 6) is -2.20. The zero-order valence-corrected chi connectivity index (χ0v) is 24.1. The Hall–Kier alpha value is -3.91. The van der Waals surface area contributed by atoms with E-state index < -0.39 is 45.4 Å². The molecule has 0 aliphatic carbocycles. The number of fused-ring (bicyclic) bond motifs is 1. The molecule has 4 heterocycles. The van der Waals surface area contributed by atoms with Gasteiger partial charge in [-0.3, -0.25) is 9.59 Å². The van der Waals surface area contributed by atoms with Crippen molar-refractivity contribution in [2.75, 3.05) is 32.1 Å². The van der Waals surface area contributed by atoms with Crippen LogP contribution < -0.4 is 9.04 Å². The predicted molar refractivity (Wildman–Crippen MR) is 148 cm³/mol. The summed E-state index contributed by atoms with van der Waals surface area (Å²) in [7, 11) is 0.0320. The normalized spacial score (nSPS) is 24.6. The topological polar surface area (TPSA) is 153 Å². The molecule has 12 nitrogen and oxygen atoms in total. The van der Waals surface area contributed by atoms with Crippen molar-refractivity contribution in [2.24, 2.45) is 0 Å². The van der Waals surface area contributed by atoms with Gasteiger partial charge in [0, 0.05) is 50.6 Å². The van der Waals surface area contributed by atoms with Gasteiger partial charge in [-0.2, -0.15) is 8.42 Å². The number of hydrogen-bond acceptors (Lipinski definition) is 10. The fourth-order valence-electron chi connectivity index (χ4n) is 6.02. The van der Waals surface area contributed by atoms with Gasteiger partial charge in [0.05, 0.1) is 12.8 Å². The highest BCUT2D eigenvalue weighted by molar-refractivity contribution is 7.93. The molecule has 1 fully saturated rings. The van der Waals surface area contributed by atoms with Crippen molar-refractivity contribution in [1.82, 2.24) is 20.0 Å². The molecule has 2 N–H and O–H groups in total. The van der Waals surface area contributed by atoms with Crippen LogP contribution >= 0.6 is 0 Å². The van der Waals surface area contributed by atoms with E-state index in [1.54, 1.807) is 58.3 Å². The van der Waals surface area contributed by atoms with Crippen LogP contribution in [-0.4, -0.2) is 89.9 Å². The van der Waals surface area contributed by atoms with Crippen LogP contribution in [-0.2, 0) is 25.0 Å². The Balaban J connectivity index is 1.87. The minimum Gasteiger partial charge on any atom is -0.481 e. The third-order valence-corrected chi connectivity index (χ3v) is 9.46. The van der Waals surface area contributed by atoms with Gasteiger partial charge in [-0.15, -0.1) is 0 Å². The van der Waals surface area contributed by atoms with Crippen molar-refractivity contribution in [3.63, 3.8) is 0 Å². The van der Waals surface area contributed by atoms with E-state index in [1.165, 1.54) is 41.7 Å². The summed E-state index contributed by atoms with van der Waals surface area (Å²) < 4.78 is 34.5. The van der Waals surface area contributed by atoms with Crippen LogP contribution in [0.15, 0.2) is 59.9 Å². The molecule has 0 saturated carbocycles. The van der Waals surface area contributed by atoms with Crippen LogP contribution in [0.2, 0.25) is 0 Å². The second-order valence-electron chi connectivity index (χ2n) is 10.6. The fraction of sp³-hybridized carbons (Fsp3) is 0.357. The van der Waals surface area contributed by atoms with Crippen LogP contribution in [0.5, 0.6) is 5.88 Å². The number of nitrogens with zero attached hydrogens (tertiary/aromatic N) is 5. The molecule has 13 heteroatoms. The molecule has 5 rings (SSSR count). The number of anilines is 1. The lowest BCUT2D eigenvalue weighted by Gasteiger charge is -2.42. The number of aromatic nitrogens is 2. The molecule has 2 aliphatic rings.